The third-order valence-corrected chi connectivity index (χ3v) is 3.79. The first-order valence-corrected chi connectivity index (χ1v) is 7.43. The molecular formula is C15H16F3N5O. The summed E-state index contributed by atoms with van der Waals surface area (Å²) < 4.78 is 39.8. The van der Waals surface area contributed by atoms with Crippen LogP contribution in [0.1, 0.15) is 30.1 Å². The summed E-state index contributed by atoms with van der Waals surface area (Å²) in [6.45, 7) is 0. The van der Waals surface area contributed by atoms with Gasteiger partial charge in [0.05, 0.1) is 11.7 Å². The highest BCUT2D eigenvalue weighted by atomic mass is 19.4. The van der Waals surface area contributed by atoms with E-state index >= 15 is 0 Å². The zero-order valence-corrected chi connectivity index (χ0v) is 12.8. The molecule has 1 fully saturated rings. The minimum atomic E-state index is -4.63. The van der Waals surface area contributed by atoms with Crippen LogP contribution >= 0.6 is 0 Å². The molecule has 1 aliphatic carbocycles. The Morgan fingerprint density at radius 2 is 2.00 bits per heavy atom. The molecule has 1 saturated carbocycles. The second-order valence-corrected chi connectivity index (χ2v) is 5.76. The second kappa shape index (κ2) is 6.14. The quantitative estimate of drug-likeness (QED) is 0.899. The van der Waals surface area contributed by atoms with Gasteiger partial charge in [-0.3, -0.25) is 9.67 Å². The average Bonchev–Trinajstić information content (AvgIpc) is 3.28. The number of nitrogens with zero attached hydrogens (tertiary/aromatic N) is 3. The maximum absolute atomic E-state index is 12.9. The molecule has 0 saturated heterocycles. The number of aromatic nitrogens is 3. The molecule has 0 spiro atoms. The van der Waals surface area contributed by atoms with Gasteiger partial charge in [-0.05, 0) is 36.5 Å². The molecule has 0 aromatic carbocycles. The van der Waals surface area contributed by atoms with Crippen molar-refractivity contribution >= 4 is 11.7 Å². The lowest BCUT2D eigenvalue weighted by Gasteiger charge is -2.19. The number of anilines is 1. The molecule has 2 amide bonds. The van der Waals surface area contributed by atoms with Gasteiger partial charge in [0.25, 0.3) is 0 Å². The lowest BCUT2D eigenvalue weighted by molar-refractivity contribution is -0.140. The van der Waals surface area contributed by atoms with Crippen LogP contribution in [-0.4, -0.2) is 20.8 Å². The van der Waals surface area contributed by atoms with Crippen molar-refractivity contribution in [1.29, 1.82) is 0 Å². The van der Waals surface area contributed by atoms with Crippen molar-refractivity contribution in [2.75, 3.05) is 5.32 Å². The van der Waals surface area contributed by atoms with Gasteiger partial charge in [0.2, 0.25) is 0 Å². The fourth-order valence-electron chi connectivity index (χ4n) is 2.56. The summed E-state index contributed by atoms with van der Waals surface area (Å²) in [6.07, 6.45) is 1.66. The van der Waals surface area contributed by atoms with Crippen LogP contribution in [0.25, 0.3) is 0 Å². The summed E-state index contributed by atoms with van der Waals surface area (Å²) >= 11 is 0. The maximum atomic E-state index is 12.9. The molecule has 1 aliphatic rings. The van der Waals surface area contributed by atoms with Gasteiger partial charge in [0.15, 0.2) is 5.69 Å². The molecule has 2 heterocycles. The lowest BCUT2D eigenvalue weighted by Crippen LogP contribution is -2.34. The number of urea groups is 1. The van der Waals surface area contributed by atoms with E-state index in [2.05, 4.69) is 20.7 Å². The fourth-order valence-corrected chi connectivity index (χ4v) is 2.56. The fraction of sp³-hybridized carbons (Fsp3) is 0.400. The lowest BCUT2D eigenvalue weighted by atomic mass is 10.0. The van der Waals surface area contributed by atoms with Crippen LogP contribution in [-0.2, 0) is 13.2 Å². The van der Waals surface area contributed by atoms with E-state index in [9.17, 15) is 18.0 Å². The molecular weight excluding hydrogens is 323 g/mol. The Bertz CT molecular complexity index is 724. The number of halogens is 3. The predicted octanol–water partition coefficient (Wildman–Crippen LogP) is 3.11. The summed E-state index contributed by atoms with van der Waals surface area (Å²) in [5, 5.41) is 8.36. The largest absolute Gasteiger partial charge is 0.437 e. The predicted molar refractivity (Wildman–Crippen MR) is 80.1 cm³/mol. The molecule has 2 aromatic heterocycles. The first-order chi connectivity index (χ1) is 11.3. The number of rotatable bonds is 4. The molecule has 3 rings (SSSR count). The molecule has 1 atom stereocenters. The van der Waals surface area contributed by atoms with Crippen LogP contribution in [0.2, 0.25) is 0 Å². The number of carbonyl (C=O) groups excluding carboxylic acids is 1. The van der Waals surface area contributed by atoms with Crippen molar-refractivity contribution < 1.29 is 18.0 Å². The van der Waals surface area contributed by atoms with Gasteiger partial charge in [0, 0.05) is 25.6 Å². The van der Waals surface area contributed by atoms with Gasteiger partial charge >= 0.3 is 12.2 Å². The Morgan fingerprint density at radius 3 is 2.58 bits per heavy atom. The summed E-state index contributed by atoms with van der Waals surface area (Å²) in [6, 6.07) is 2.63. The van der Waals surface area contributed by atoms with Crippen LogP contribution in [0.3, 0.4) is 0 Å². The molecule has 0 aliphatic heterocycles. The Balaban J connectivity index is 1.73. The van der Waals surface area contributed by atoms with Crippen molar-refractivity contribution in [2.24, 2.45) is 13.0 Å². The summed E-state index contributed by atoms with van der Waals surface area (Å²) in [5.41, 5.74) is -0.608. The number of hydrogen-bond donors (Lipinski definition) is 2. The van der Waals surface area contributed by atoms with Gasteiger partial charge < -0.3 is 10.6 Å². The zero-order valence-electron chi connectivity index (χ0n) is 12.8. The van der Waals surface area contributed by atoms with Gasteiger partial charge in [-0.1, -0.05) is 0 Å². The number of hydrogen-bond acceptors (Lipinski definition) is 3. The van der Waals surface area contributed by atoms with E-state index in [1.54, 1.807) is 24.5 Å². The Labute approximate surface area is 136 Å². The van der Waals surface area contributed by atoms with Crippen LogP contribution in [0, 0.1) is 5.92 Å². The van der Waals surface area contributed by atoms with Crippen LogP contribution in [0.4, 0.5) is 23.7 Å². The molecule has 0 radical (unpaired) electrons. The number of carbonyl (C=O) groups is 1. The summed E-state index contributed by atoms with van der Waals surface area (Å²) in [7, 11) is 1.36. The smallest absolute Gasteiger partial charge is 0.331 e. The first kappa shape index (κ1) is 16.3. The normalized spacial score (nSPS) is 15.8. The van der Waals surface area contributed by atoms with Crippen LogP contribution in [0.15, 0.2) is 30.7 Å². The van der Waals surface area contributed by atoms with E-state index in [1.807, 2.05) is 0 Å². The Morgan fingerprint density at radius 1 is 1.33 bits per heavy atom. The third kappa shape index (κ3) is 3.66. The maximum Gasteiger partial charge on any atom is 0.437 e. The standard InChI is InChI=1S/C15H16F3N5O/c1-23-8-11(13(22-23)15(16,17)18)20-14(24)21-12(9-2-3-9)10-4-6-19-7-5-10/h4-9,12H,2-3H2,1H3,(H2,20,21,24). The summed E-state index contributed by atoms with van der Waals surface area (Å²) in [4.78, 5) is 16.1. The number of nitrogens with one attached hydrogen (secondary N) is 2. The molecule has 128 valence electrons. The van der Waals surface area contributed by atoms with Crippen molar-refractivity contribution in [3.8, 4) is 0 Å². The number of pyridine rings is 1. The van der Waals surface area contributed by atoms with Crippen molar-refractivity contribution in [2.45, 2.75) is 25.1 Å². The first-order valence-electron chi connectivity index (χ1n) is 7.43. The highest BCUT2D eigenvalue weighted by Gasteiger charge is 2.38. The second-order valence-electron chi connectivity index (χ2n) is 5.76. The van der Waals surface area contributed by atoms with Crippen LogP contribution < -0.4 is 10.6 Å². The highest BCUT2D eigenvalue weighted by Crippen LogP contribution is 2.41. The molecule has 2 aromatic rings. The number of alkyl halides is 3. The number of aryl methyl sites for hydroxylation is 1. The number of amides is 2. The highest BCUT2D eigenvalue weighted by molar-refractivity contribution is 5.90. The average molecular weight is 339 g/mol. The van der Waals surface area contributed by atoms with E-state index in [0.29, 0.717) is 0 Å². The van der Waals surface area contributed by atoms with Crippen molar-refractivity contribution in [3.05, 3.63) is 42.0 Å². The summed E-state index contributed by atoms with van der Waals surface area (Å²) in [5.74, 6) is 0.286. The monoisotopic (exact) mass is 339 g/mol. The molecule has 9 heteroatoms. The minimum absolute atomic E-state index is 0.251. The van der Waals surface area contributed by atoms with Gasteiger partial charge in [-0.25, -0.2) is 4.79 Å². The van der Waals surface area contributed by atoms with E-state index < -0.39 is 17.9 Å². The van der Waals surface area contributed by atoms with Crippen LogP contribution in [0.5, 0.6) is 0 Å². The molecule has 6 nitrogen and oxygen atoms in total. The minimum Gasteiger partial charge on any atom is -0.331 e. The van der Waals surface area contributed by atoms with Gasteiger partial charge in [0.1, 0.15) is 0 Å². The third-order valence-electron chi connectivity index (χ3n) is 3.79. The SMILES string of the molecule is Cn1cc(NC(=O)NC(c2ccncc2)C2CC2)c(C(F)(F)F)n1. The Kier molecular flexibility index (Phi) is 4.16. The van der Waals surface area contributed by atoms with Gasteiger partial charge in [-0.2, -0.15) is 18.3 Å². The van der Waals surface area contributed by atoms with Gasteiger partial charge in [-0.15, -0.1) is 0 Å². The van der Waals surface area contributed by atoms with E-state index in [1.165, 1.54) is 7.05 Å². The molecule has 24 heavy (non-hydrogen) atoms. The zero-order chi connectivity index (χ0) is 17.3. The van der Waals surface area contributed by atoms with Crippen molar-refractivity contribution in [1.82, 2.24) is 20.1 Å². The van der Waals surface area contributed by atoms with E-state index in [-0.39, 0.29) is 17.6 Å². The Hall–Kier alpha value is -2.58. The van der Waals surface area contributed by atoms with E-state index in [4.69, 9.17) is 0 Å². The molecule has 2 N–H and O–H groups in total. The molecule has 1 unspecified atom stereocenters. The molecule has 0 bridgehead atoms. The van der Waals surface area contributed by atoms with E-state index in [0.717, 1.165) is 29.3 Å². The van der Waals surface area contributed by atoms with Crippen molar-refractivity contribution in [3.63, 3.8) is 0 Å². The topological polar surface area (TPSA) is 71.8 Å².